The molecule has 1 aromatic carbocycles. The van der Waals surface area contributed by atoms with Gasteiger partial charge >= 0.3 is 5.97 Å². The van der Waals surface area contributed by atoms with E-state index >= 15 is 0 Å². The van der Waals surface area contributed by atoms with Crippen molar-refractivity contribution in [2.45, 2.75) is 19.3 Å². The zero-order chi connectivity index (χ0) is 15.0. The lowest BCUT2D eigenvalue weighted by Gasteiger charge is -2.12. The fraction of sp³-hybridized carbons (Fsp3) is 0.375. The number of benzene rings is 1. The first-order chi connectivity index (χ1) is 10.0. The fourth-order valence-corrected chi connectivity index (χ4v) is 3.07. The quantitative estimate of drug-likeness (QED) is 0.838. The largest absolute Gasteiger partial charge is 0.478 e. The van der Waals surface area contributed by atoms with Gasteiger partial charge in [-0.25, -0.2) is 9.18 Å². The molecule has 0 saturated heterocycles. The molecule has 2 saturated carbocycles. The van der Waals surface area contributed by atoms with Crippen molar-refractivity contribution in [3.8, 4) is 0 Å². The highest BCUT2D eigenvalue weighted by molar-refractivity contribution is 5.93. The van der Waals surface area contributed by atoms with Gasteiger partial charge in [-0.15, -0.1) is 0 Å². The van der Waals surface area contributed by atoms with E-state index in [1.807, 2.05) is 0 Å². The molecule has 0 heterocycles. The van der Waals surface area contributed by atoms with Crippen molar-refractivity contribution >= 4 is 23.6 Å². The van der Waals surface area contributed by atoms with E-state index in [0.717, 1.165) is 30.8 Å². The predicted octanol–water partition coefficient (Wildman–Crippen LogP) is 2.91. The van der Waals surface area contributed by atoms with Crippen molar-refractivity contribution < 1.29 is 19.1 Å². The van der Waals surface area contributed by atoms with Gasteiger partial charge < -0.3 is 10.4 Å². The average Bonchev–Trinajstić information content (AvgIpc) is 3.04. The van der Waals surface area contributed by atoms with Crippen LogP contribution in [0.5, 0.6) is 0 Å². The van der Waals surface area contributed by atoms with Gasteiger partial charge in [0.25, 0.3) is 0 Å². The Morgan fingerprint density at radius 2 is 1.95 bits per heavy atom. The number of carbonyl (C=O) groups is 2. The van der Waals surface area contributed by atoms with E-state index in [9.17, 15) is 14.0 Å². The predicted molar refractivity (Wildman–Crippen MR) is 76.0 cm³/mol. The Morgan fingerprint density at radius 1 is 1.24 bits per heavy atom. The minimum absolute atomic E-state index is 0.0448. The van der Waals surface area contributed by atoms with E-state index in [2.05, 4.69) is 5.32 Å². The van der Waals surface area contributed by atoms with Crippen LogP contribution in [0, 0.1) is 23.6 Å². The molecule has 21 heavy (non-hydrogen) atoms. The Labute approximate surface area is 121 Å². The number of nitrogens with one attached hydrogen (secondary N) is 1. The van der Waals surface area contributed by atoms with E-state index in [4.69, 9.17) is 5.11 Å². The maximum Gasteiger partial charge on any atom is 0.328 e. The van der Waals surface area contributed by atoms with E-state index in [-0.39, 0.29) is 17.4 Å². The van der Waals surface area contributed by atoms with Gasteiger partial charge in [-0.1, -0.05) is 0 Å². The lowest BCUT2D eigenvalue weighted by Crippen LogP contribution is -2.21. The van der Waals surface area contributed by atoms with Crippen LogP contribution in [0.4, 0.5) is 10.1 Å². The van der Waals surface area contributed by atoms with Gasteiger partial charge in [0.15, 0.2) is 0 Å². The number of carboxylic acids is 1. The number of halogens is 1. The summed E-state index contributed by atoms with van der Waals surface area (Å²) in [4.78, 5) is 22.5. The maximum atomic E-state index is 13.8. The summed E-state index contributed by atoms with van der Waals surface area (Å²) in [6, 6.07) is 4.25. The number of rotatable bonds is 4. The van der Waals surface area contributed by atoms with Crippen molar-refractivity contribution in [1.82, 2.24) is 0 Å². The number of aliphatic carboxylic acids is 1. The summed E-state index contributed by atoms with van der Waals surface area (Å²) in [6.07, 6.45) is 5.20. The van der Waals surface area contributed by atoms with Crippen molar-refractivity contribution in [1.29, 1.82) is 0 Å². The first-order valence-corrected chi connectivity index (χ1v) is 7.04. The molecular formula is C16H16FNO3. The minimum atomic E-state index is -1.13. The zero-order valence-electron chi connectivity index (χ0n) is 11.4. The van der Waals surface area contributed by atoms with Gasteiger partial charge in [-0.2, -0.15) is 0 Å². The first-order valence-electron chi connectivity index (χ1n) is 7.04. The molecule has 0 aliphatic heterocycles. The van der Waals surface area contributed by atoms with Crippen molar-refractivity contribution in [3.63, 3.8) is 0 Å². The second-order valence-electron chi connectivity index (χ2n) is 5.82. The average molecular weight is 289 g/mol. The van der Waals surface area contributed by atoms with Crippen LogP contribution in [-0.4, -0.2) is 17.0 Å². The number of anilines is 1. The van der Waals surface area contributed by atoms with Gasteiger partial charge in [0.2, 0.25) is 5.91 Å². The van der Waals surface area contributed by atoms with Gasteiger partial charge in [0.1, 0.15) is 5.82 Å². The van der Waals surface area contributed by atoms with Crippen molar-refractivity contribution in [2.24, 2.45) is 17.8 Å². The number of carbonyl (C=O) groups excluding carboxylic acids is 1. The lowest BCUT2D eigenvalue weighted by molar-refractivity contribution is -0.131. The van der Waals surface area contributed by atoms with Crippen LogP contribution in [0.2, 0.25) is 0 Å². The molecule has 2 N–H and O–H groups in total. The van der Waals surface area contributed by atoms with Crippen LogP contribution in [0.25, 0.3) is 6.08 Å². The summed E-state index contributed by atoms with van der Waals surface area (Å²) in [7, 11) is 0. The summed E-state index contributed by atoms with van der Waals surface area (Å²) in [6.45, 7) is 0. The number of fused-ring (bicyclic) bond motifs is 1. The van der Waals surface area contributed by atoms with E-state index < -0.39 is 11.8 Å². The van der Waals surface area contributed by atoms with Crippen LogP contribution in [0.15, 0.2) is 24.3 Å². The van der Waals surface area contributed by atoms with Crippen LogP contribution in [0.1, 0.15) is 24.8 Å². The second kappa shape index (κ2) is 5.31. The third-order valence-electron chi connectivity index (χ3n) is 4.29. The van der Waals surface area contributed by atoms with Gasteiger partial charge in [0, 0.05) is 23.2 Å². The second-order valence-corrected chi connectivity index (χ2v) is 5.82. The maximum absolute atomic E-state index is 13.8. The molecule has 5 heteroatoms. The monoisotopic (exact) mass is 289 g/mol. The summed E-state index contributed by atoms with van der Waals surface area (Å²) in [5, 5.41) is 11.3. The highest BCUT2D eigenvalue weighted by Crippen LogP contribution is 2.54. The highest BCUT2D eigenvalue weighted by atomic mass is 19.1. The van der Waals surface area contributed by atoms with E-state index in [1.54, 1.807) is 6.07 Å². The fourth-order valence-electron chi connectivity index (χ4n) is 3.07. The smallest absolute Gasteiger partial charge is 0.328 e. The Kier molecular flexibility index (Phi) is 3.49. The Morgan fingerprint density at radius 3 is 2.57 bits per heavy atom. The summed E-state index contributed by atoms with van der Waals surface area (Å²) < 4.78 is 13.8. The Hall–Kier alpha value is -2.17. The molecule has 2 aliphatic rings. The molecule has 2 fully saturated rings. The number of carboxylic acid groups (broad SMARTS) is 1. The van der Waals surface area contributed by atoms with Crippen LogP contribution in [-0.2, 0) is 9.59 Å². The molecule has 1 aromatic rings. The molecule has 2 aliphatic carbocycles. The molecule has 2 atom stereocenters. The molecular weight excluding hydrogens is 273 g/mol. The standard InChI is InChI=1S/C16H16FNO3/c17-14-8-13(3-1-9(14)2-4-15(19)20)18-16(21)12-6-10-5-11(10)7-12/h1-4,8,10-12H,5-7H2,(H,18,21)(H,19,20)/b4-2+. The lowest BCUT2D eigenvalue weighted by atomic mass is 10.0. The molecule has 0 spiro atoms. The molecule has 3 rings (SSSR count). The summed E-state index contributed by atoms with van der Waals surface area (Å²) in [5.41, 5.74) is 0.586. The van der Waals surface area contributed by atoms with Gasteiger partial charge in [0.05, 0.1) is 0 Å². The molecule has 1 amide bonds. The number of hydrogen-bond donors (Lipinski definition) is 2. The van der Waals surface area contributed by atoms with Crippen LogP contribution < -0.4 is 5.32 Å². The van der Waals surface area contributed by atoms with Crippen molar-refractivity contribution in [2.75, 3.05) is 5.32 Å². The SMILES string of the molecule is O=C(O)/C=C/c1ccc(NC(=O)C2CC3CC3C2)cc1F. The summed E-state index contributed by atoms with van der Waals surface area (Å²) >= 11 is 0. The zero-order valence-corrected chi connectivity index (χ0v) is 11.4. The molecule has 0 aromatic heterocycles. The number of hydrogen-bond acceptors (Lipinski definition) is 2. The van der Waals surface area contributed by atoms with Crippen molar-refractivity contribution in [3.05, 3.63) is 35.7 Å². The van der Waals surface area contributed by atoms with E-state index in [0.29, 0.717) is 5.69 Å². The normalized spacial score (nSPS) is 26.6. The first kappa shape index (κ1) is 13.8. The summed E-state index contributed by atoms with van der Waals surface area (Å²) in [5.74, 6) is -0.244. The molecule has 0 radical (unpaired) electrons. The van der Waals surface area contributed by atoms with Crippen LogP contribution in [0.3, 0.4) is 0 Å². The van der Waals surface area contributed by atoms with Gasteiger partial charge in [-0.3, -0.25) is 4.79 Å². The molecule has 110 valence electrons. The topological polar surface area (TPSA) is 66.4 Å². The molecule has 0 bridgehead atoms. The van der Waals surface area contributed by atoms with Crippen LogP contribution >= 0.6 is 0 Å². The van der Waals surface area contributed by atoms with E-state index in [1.165, 1.54) is 24.6 Å². The third kappa shape index (κ3) is 3.12. The highest BCUT2D eigenvalue weighted by Gasteiger charge is 2.47. The molecule has 4 nitrogen and oxygen atoms in total. The number of amides is 1. The Bertz CT molecular complexity index is 616. The third-order valence-corrected chi connectivity index (χ3v) is 4.29. The van der Waals surface area contributed by atoms with Gasteiger partial charge in [-0.05, 0) is 55.4 Å². The molecule has 2 unspecified atom stereocenters. The minimum Gasteiger partial charge on any atom is -0.478 e. The Balaban J connectivity index is 1.64.